The van der Waals surface area contributed by atoms with Gasteiger partial charge in [0, 0.05) is 11.9 Å². The second-order valence-electron chi connectivity index (χ2n) is 6.00. The zero-order valence-corrected chi connectivity index (χ0v) is 17.4. The lowest BCUT2D eigenvalue weighted by atomic mass is 10.1. The fourth-order valence-corrected chi connectivity index (χ4v) is 4.65. The maximum Gasteiger partial charge on any atom is 0.262 e. The fraction of sp³-hybridized carbons (Fsp3) is 0.316. The van der Waals surface area contributed by atoms with Gasteiger partial charge in [0.05, 0.1) is 30.9 Å². The van der Waals surface area contributed by atoms with Crippen LogP contribution in [0.15, 0.2) is 28.2 Å². The molecule has 3 rings (SSSR count). The lowest BCUT2D eigenvalue weighted by Crippen LogP contribution is -2.20. The number of carbonyl (C=O) groups excluding carboxylic acids is 1. The van der Waals surface area contributed by atoms with E-state index in [9.17, 15) is 9.59 Å². The summed E-state index contributed by atoms with van der Waals surface area (Å²) in [6.07, 6.45) is 0. The lowest BCUT2D eigenvalue weighted by molar-refractivity contribution is 0.101. The number of hydrogen-bond acceptors (Lipinski definition) is 7. The highest BCUT2D eigenvalue weighted by molar-refractivity contribution is 7.99. The topological polar surface area (TPSA) is 70.4 Å². The van der Waals surface area contributed by atoms with E-state index in [0.29, 0.717) is 32.4 Å². The van der Waals surface area contributed by atoms with Gasteiger partial charge in [0.1, 0.15) is 16.3 Å². The molecule has 8 heteroatoms. The molecule has 0 fully saturated rings. The third kappa shape index (κ3) is 3.59. The van der Waals surface area contributed by atoms with Crippen LogP contribution >= 0.6 is 23.1 Å². The number of aromatic nitrogens is 2. The van der Waals surface area contributed by atoms with E-state index in [1.54, 1.807) is 32.4 Å². The first kappa shape index (κ1) is 19.4. The van der Waals surface area contributed by atoms with Crippen LogP contribution in [0, 0.1) is 13.8 Å². The number of thioether (sulfide) groups is 1. The molecule has 0 radical (unpaired) electrons. The molecule has 27 heavy (non-hydrogen) atoms. The van der Waals surface area contributed by atoms with Gasteiger partial charge in [-0.05, 0) is 37.6 Å². The van der Waals surface area contributed by atoms with Crippen molar-refractivity contribution in [2.24, 2.45) is 7.05 Å². The summed E-state index contributed by atoms with van der Waals surface area (Å²) in [5.41, 5.74) is 1.32. The predicted octanol–water partition coefficient (Wildman–Crippen LogP) is 3.60. The van der Waals surface area contributed by atoms with E-state index in [1.807, 2.05) is 13.8 Å². The molecular weight excluding hydrogens is 384 g/mol. The number of carbonyl (C=O) groups is 1. The molecule has 0 bridgehead atoms. The molecular formula is C19H20N2O4S2. The van der Waals surface area contributed by atoms with E-state index in [0.717, 1.165) is 10.4 Å². The maximum atomic E-state index is 12.7. The van der Waals surface area contributed by atoms with Crippen molar-refractivity contribution in [3.05, 3.63) is 44.6 Å². The highest BCUT2D eigenvalue weighted by Gasteiger charge is 2.18. The zero-order chi connectivity index (χ0) is 19.7. The molecule has 2 aromatic heterocycles. The molecule has 0 spiro atoms. The molecule has 0 saturated carbocycles. The smallest absolute Gasteiger partial charge is 0.262 e. The van der Waals surface area contributed by atoms with E-state index < -0.39 is 0 Å². The van der Waals surface area contributed by atoms with Crippen molar-refractivity contribution in [1.82, 2.24) is 9.55 Å². The first-order valence-corrected chi connectivity index (χ1v) is 10.0. The molecule has 0 unspecified atom stereocenters. The van der Waals surface area contributed by atoms with Crippen LogP contribution in [-0.4, -0.2) is 35.3 Å². The Bertz CT molecular complexity index is 1090. The Morgan fingerprint density at radius 2 is 2.00 bits per heavy atom. The zero-order valence-electron chi connectivity index (χ0n) is 15.8. The normalized spacial score (nSPS) is 11.0. The highest BCUT2D eigenvalue weighted by atomic mass is 32.2. The van der Waals surface area contributed by atoms with Crippen molar-refractivity contribution in [1.29, 1.82) is 0 Å². The van der Waals surface area contributed by atoms with Crippen molar-refractivity contribution in [3.63, 3.8) is 0 Å². The van der Waals surface area contributed by atoms with Gasteiger partial charge in [-0.3, -0.25) is 14.2 Å². The second-order valence-corrected chi connectivity index (χ2v) is 8.15. The molecule has 0 amide bonds. The van der Waals surface area contributed by atoms with E-state index in [-0.39, 0.29) is 17.1 Å². The summed E-state index contributed by atoms with van der Waals surface area (Å²) < 4.78 is 12.0. The van der Waals surface area contributed by atoms with Gasteiger partial charge in [-0.15, -0.1) is 11.3 Å². The minimum Gasteiger partial charge on any atom is -0.497 e. The van der Waals surface area contributed by atoms with Crippen LogP contribution in [0.25, 0.3) is 10.2 Å². The van der Waals surface area contributed by atoms with Crippen molar-refractivity contribution in [3.8, 4) is 11.5 Å². The van der Waals surface area contributed by atoms with Crippen LogP contribution in [0.2, 0.25) is 0 Å². The lowest BCUT2D eigenvalue weighted by Gasteiger charge is -2.10. The Morgan fingerprint density at radius 3 is 2.67 bits per heavy atom. The molecule has 3 aromatic rings. The van der Waals surface area contributed by atoms with Gasteiger partial charge in [-0.1, -0.05) is 11.8 Å². The SMILES string of the molecule is COc1ccc(OC)c(C(=O)CSc2nc3sc(C)c(C)c3c(=O)n2C)c1. The van der Waals surface area contributed by atoms with Gasteiger partial charge in [0.25, 0.3) is 5.56 Å². The largest absolute Gasteiger partial charge is 0.497 e. The van der Waals surface area contributed by atoms with Crippen LogP contribution in [0.3, 0.4) is 0 Å². The second kappa shape index (κ2) is 7.74. The molecule has 0 saturated heterocycles. The number of thiophene rings is 1. The van der Waals surface area contributed by atoms with E-state index in [1.165, 1.54) is 34.8 Å². The number of rotatable bonds is 6. The molecule has 0 aliphatic carbocycles. The Balaban J connectivity index is 1.90. The van der Waals surface area contributed by atoms with Gasteiger partial charge in [-0.25, -0.2) is 4.98 Å². The van der Waals surface area contributed by atoms with Crippen LogP contribution in [0.4, 0.5) is 0 Å². The number of hydrogen-bond donors (Lipinski definition) is 0. The van der Waals surface area contributed by atoms with E-state index >= 15 is 0 Å². The summed E-state index contributed by atoms with van der Waals surface area (Å²) >= 11 is 2.74. The van der Waals surface area contributed by atoms with E-state index in [2.05, 4.69) is 4.98 Å². The van der Waals surface area contributed by atoms with Gasteiger partial charge in [0.2, 0.25) is 0 Å². The molecule has 1 aromatic carbocycles. The fourth-order valence-electron chi connectivity index (χ4n) is 2.72. The Labute approximate surface area is 165 Å². The predicted molar refractivity (Wildman–Crippen MR) is 109 cm³/mol. The van der Waals surface area contributed by atoms with Crippen LogP contribution in [0.5, 0.6) is 11.5 Å². The van der Waals surface area contributed by atoms with Gasteiger partial charge in [-0.2, -0.15) is 0 Å². The first-order chi connectivity index (χ1) is 12.9. The number of ether oxygens (including phenoxy) is 2. The van der Waals surface area contributed by atoms with E-state index in [4.69, 9.17) is 9.47 Å². The number of fused-ring (bicyclic) bond motifs is 1. The van der Waals surface area contributed by atoms with Gasteiger partial charge in [0.15, 0.2) is 10.9 Å². The summed E-state index contributed by atoms with van der Waals surface area (Å²) in [5.74, 6) is 1.09. The molecule has 0 aliphatic rings. The summed E-state index contributed by atoms with van der Waals surface area (Å²) in [4.78, 5) is 31.8. The Morgan fingerprint density at radius 1 is 1.26 bits per heavy atom. The standard InChI is InChI=1S/C19H20N2O4S2/c1-10-11(2)27-17-16(10)18(23)21(3)19(20-17)26-9-14(22)13-8-12(24-4)6-7-15(13)25-5/h6-8H,9H2,1-5H3. The molecule has 2 heterocycles. The summed E-state index contributed by atoms with van der Waals surface area (Å²) in [6, 6.07) is 5.10. The highest BCUT2D eigenvalue weighted by Crippen LogP contribution is 2.29. The van der Waals surface area contributed by atoms with Crippen molar-refractivity contribution in [2.45, 2.75) is 19.0 Å². The Kier molecular flexibility index (Phi) is 5.57. The number of methoxy groups -OCH3 is 2. The molecule has 0 atom stereocenters. The monoisotopic (exact) mass is 404 g/mol. The van der Waals surface area contributed by atoms with Crippen molar-refractivity contribution < 1.29 is 14.3 Å². The van der Waals surface area contributed by atoms with Crippen LogP contribution < -0.4 is 15.0 Å². The molecule has 6 nitrogen and oxygen atoms in total. The van der Waals surface area contributed by atoms with Crippen LogP contribution in [0.1, 0.15) is 20.8 Å². The van der Waals surface area contributed by atoms with Crippen molar-refractivity contribution >= 4 is 39.1 Å². The summed E-state index contributed by atoms with van der Waals surface area (Å²) in [5, 5.41) is 1.18. The summed E-state index contributed by atoms with van der Waals surface area (Å²) in [7, 11) is 4.75. The number of ketones is 1. The minimum atomic E-state index is -0.122. The number of nitrogens with zero attached hydrogens (tertiary/aromatic N) is 2. The summed E-state index contributed by atoms with van der Waals surface area (Å²) in [6.45, 7) is 3.91. The molecule has 142 valence electrons. The average Bonchev–Trinajstić information content (AvgIpc) is 2.96. The quantitative estimate of drug-likeness (QED) is 0.355. The Hall–Kier alpha value is -2.32. The molecule has 0 N–H and O–H groups in total. The first-order valence-electron chi connectivity index (χ1n) is 8.22. The third-order valence-electron chi connectivity index (χ3n) is 4.41. The van der Waals surface area contributed by atoms with Gasteiger partial charge >= 0.3 is 0 Å². The average molecular weight is 405 g/mol. The number of benzene rings is 1. The van der Waals surface area contributed by atoms with Crippen molar-refractivity contribution in [2.75, 3.05) is 20.0 Å². The molecule has 0 aliphatic heterocycles. The maximum absolute atomic E-state index is 12.7. The van der Waals surface area contributed by atoms with Crippen LogP contribution in [-0.2, 0) is 7.05 Å². The van der Waals surface area contributed by atoms with Gasteiger partial charge < -0.3 is 9.47 Å². The number of Topliss-reactive ketones (excluding diaryl/α,β-unsaturated/α-hetero) is 1. The minimum absolute atomic E-state index is 0.0873. The third-order valence-corrected chi connectivity index (χ3v) is 6.54. The number of aryl methyl sites for hydroxylation is 2.